The Morgan fingerprint density at radius 1 is 1.33 bits per heavy atom. The van der Waals surface area contributed by atoms with Crippen molar-refractivity contribution in [2.75, 3.05) is 0 Å². The van der Waals surface area contributed by atoms with Gasteiger partial charge in [0.25, 0.3) is 0 Å². The standard InChI is InChI=1S/C11H22N2O2/c1-10(2,3)13(15)11(4)8-6-5-7-9(11)12-14/h14-15H,5-8H2,1-4H3/b12-9+. The Hall–Kier alpha value is -0.610. The van der Waals surface area contributed by atoms with E-state index >= 15 is 0 Å². The number of hydrogen-bond acceptors (Lipinski definition) is 4. The van der Waals surface area contributed by atoms with Crippen LogP contribution >= 0.6 is 0 Å². The molecule has 0 heterocycles. The smallest absolute Gasteiger partial charge is 0.0851 e. The SMILES string of the molecule is CC(C)(C)N(O)C1(C)CCCC/C1=N\O. The second kappa shape index (κ2) is 4.10. The minimum absolute atomic E-state index is 0.345. The Bertz CT molecular complexity index is 258. The van der Waals surface area contributed by atoms with E-state index in [9.17, 15) is 5.21 Å². The van der Waals surface area contributed by atoms with Gasteiger partial charge in [-0.15, -0.1) is 0 Å². The molecule has 0 amide bonds. The van der Waals surface area contributed by atoms with Crippen LogP contribution < -0.4 is 0 Å². The Balaban J connectivity index is 2.97. The van der Waals surface area contributed by atoms with Gasteiger partial charge in [-0.2, -0.15) is 5.06 Å². The number of oxime groups is 1. The van der Waals surface area contributed by atoms with Crippen molar-refractivity contribution in [3.8, 4) is 0 Å². The molecule has 1 saturated carbocycles. The molecule has 1 aliphatic carbocycles. The number of rotatable bonds is 1. The molecule has 88 valence electrons. The number of hydroxylamine groups is 2. The molecule has 1 rings (SSSR count). The first kappa shape index (κ1) is 12.5. The fourth-order valence-corrected chi connectivity index (χ4v) is 2.30. The van der Waals surface area contributed by atoms with Crippen molar-refractivity contribution in [3.63, 3.8) is 0 Å². The lowest BCUT2D eigenvalue weighted by molar-refractivity contribution is -0.206. The third-order valence-electron chi connectivity index (χ3n) is 3.17. The molecule has 0 saturated heterocycles. The zero-order valence-electron chi connectivity index (χ0n) is 10.1. The summed E-state index contributed by atoms with van der Waals surface area (Å²) in [4.78, 5) is 0. The summed E-state index contributed by atoms with van der Waals surface area (Å²) in [6.07, 6.45) is 3.69. The van der Waals surface area contributed by atoms with E-state index in [1.807, 2.05) is 27.7 Å². The maximum absolute atomic E-state index is 10.2. The van der Waals surface area contributed by atoms with Crippen molar-refractivity contribution in [1.29, 1.82) is 0 Å². The molecule has 0 spiro atoms. The van der Waals surface area contributed by atoms with Crippen molar-refractivity contribution >= 4 is 5.71 Å². The van der Waals surface area contributed by atoms with E-state index in [2.05, 4.69) is 5.16 Å². The van der Waals surface area contributed by atoms with Crippen molar-refractivity contribution in [2.24, 2.45) is 5.16 Å². The highest BCUT2D eigenvalue weighted by Crippen LogP contribution is 2.34. The molecule has 4 nitrogen and oxygen atoms in total. The summed E-state index contributed by atoms with van der Waals surface area (Å²) in [6, 6.07) is 0. The molecule has 1 aliphatic rings. The summed E-state index contributed by atoms with van der Waals surface area (Å²) in [5.74, 6) is 0. The highest BCUT2D eigenvalue weighted by Gasteiger charge is 2.43. The fraction of sp³-hybridized carbons (Fsp3) is 0.909. The first-order valence-electron chi connectivity index (χ1n) is 5.53. The van der Waals surface area contributed by atoms with E-state index in [4.69, 9.17) is 5.21 Å². The van der Waals surface area contributed by atoms with Gasteiger partial charge in [-0.1, -0.05) is 11.6 Å². The highest BCUT2D eigenvalue weighted by molar-refractivity contribution is 5.93. The van der Waals surface area contributed by atoms with Crippen LogP contribution in [0.4, 0.5) is 0 Å². The molecule has 1 unspecified atom stereocenters. The molecule has 4 heteroatoms. The van der Waals surface area contributed by atoms with Crippen molar-refractivity contribution < 1.29 is 10.4 Å². The second-order valence-electron chi connectivity index (χ2n) is 5.51. The summed E-state index contributed by atoms with van der Waals surface area (Å²) in [6.45, 7) is 7.78. The Labute approximate surface area is 91.5 Å². The summed E-state index contributed by atoms with van der Waals surface area (Å²) < 4.78 is 0. The van der Waals surface area contributed by atoms with Crippen molar-refractivity contribution in [1.82, 2.24) is 5.06 Å². The van der Waals surface area contributed by atoms with Gasteiger partial charge >= 0.3 is 0 Å². The summed E-state index contributed by atoms with van der Waals surface area (Å²) >= 11 is 0. The molecule has 1 fully saturated rings. The largest absolute Gasteiger partial charge is 0.411 e. The van der Waals surface area contributed by atoms with Crippen LogP contribution in [-0.2, 0) is 0 Å². The third kappa shape index (κ3) is 2.32. The predicted octanol–water partition coefficient (Wildman–Crippen LogP) is 2.64. The van der Waals surface area contributed by atoms with E-state index < -0.39 is 5.54 Å². The van der Waals surface area contributed by atoms with E-state index in [-0.39, 0.29) is 5.54 Å². The number of nitrogens with zero attached hydrogens (tertiary/aromatic N) is 2. The first-order chi connectivity index (χ1) is 6.82. The molecule has 0 aromatic carbocycles. The average molecular weight is 214 g/mol. The van der Waals surface area contributed by atoms with Crippen LogP contribution in [-0.4, -0.2) is 32.3 Å². The molecule has 1 atom stereocenters. The Morgan fingerprint density at radius 3 is 2.40 bits per heavy atom. The van der Waals surface area contributed by atoms with Crippen LogP contribution in [0.3, 0.4) is 0 Å². The maximum Gasteiger partial charge on any atom is 0.0851 e. The molecular weight excluding hydrogens is 192 g/mol. The average Bonchev–Trinajstić information content (AvgIpc) is 2.16. The van der Waals surface area contributed by atoms with Gasteiger partial charge in [0.2, 0.25) is 0 Å². The zero-order valence-corrected chi connectivity index (χ0v) is 10.1. The summed E-state index contributed by atoms with van der Waals surface area (Å²) in [5.41, 5.74) is -0.182. The molecule has 0 radical (unpaired) electrons. The lowest BCUT2D eigenvalue weighted by atomic mass is 9.79. The minimum atomic E-state index is -0.523. The van der Waals surface area contributed by atoms with Crippen LogP contribution in [0.1, 0.15) is 53.4 Å². The van der Waals surface area contributed by atoms with Gasteiger partial charge in [0.15, 0.2) is 0 Å². The second-order valence-corrected chi connectivity index (χ2v) is 5.51. The van der Waals surface area contributed by atoms with Gasteiger partial charge in [0, 0.05) is 5.54 Å². The molecule has 0 aromatic heterocycles. The quantitative estimate of drug-likeness (QED) is 0.521. The first-order valence-corrected chi connectivity index (χ1v) is 5.53. The number of hydrogen-bond donors (Lipinski definition) is 2. The third-order valence-corrected chi connectivity index (χ3v) is 3.17. The normalized spacial score (nSPS) is 31.2. The van der Waals surface area contributed by atoms with Crippen LogP contribution in [0, 0.1) is 0 Å². The van der Waals surface area contributed by atoms with Crippen molar-refractivity contribution in [2.45, 2.75) is 64.5 Å². The van der Waals surface area contributed by atoms with Gasteiger partial charge in [-0.25, -0.2) is 0 Å². The summed E-state index contributed by atoms with van der Waals surface area (Å²) in [7, 11) is 0. The molecule has 0 aliphatic heterocycles. The molecule has 0 bridgehead atoms. The lowest BCUT2D eigenvalue weighted by Crippen LogP contribution is -2.59. The van der Waals surface area contributed by atoms with Gasteiger partial charge in [-0.3, -0.25) is 0 Å². The topological polar surface area (TPSA) is 56.1 Å². The predicted molar refractivity (Wildman–Crippen MR) is 59.5 cm³/mol. The Morgan fingerprint density at radius 2 is 1.93 bits per heavy atom. The van der Waals surface area contributed by atoms with E-state index in [0.717, 1.165) is 25.7 Å². The lowest BCUT2D eigenvalue weighted by Gasteiger charge is -2.46. The van der Waals surface area contributed by atoms with Crippen LogP contribution in [0.2, 0.25) is 0 Å². The molecule has 15 heavy (non-hydrogen) atoms. The highest BCUT2D eigenvalue weighted by atomic mass is 16.5. The van der Waals surface area contributed by atoms with E-state index in [1.54, 1.807) is 0 Å². The van der Waals surface area contributed by atoms with Crippen LogP contribution in [0.25, 0.3) is 0 Å². The Kier molecular flexibility index (Phi) is 3.41. The molecule has 0 aromatic rings. The molecular formula is C11H22N2O2. The fourth-order valence-electron chi connectivity index (χ4n) is 2.30. The van der Waals surface area contributed by atoms with Crippen LogP contribution in [0.5, 0.6) is 0 Å². The van der Waals surface area contributed by atoms with E-state index in [1.165, 1.54) is 5.06 Å². The van der Waals surface area contributed by atoms with Gasteiger partial charge in [0.1, 0.15) is 0 Å². The molecule has 2 N–H and O–H groups in total. The minimum Gasteiger partial charge on any atom is -0.411 e. The maximum atomic E-state index is 10.2. The summed E-state index contributed by atoms with van der Waals surface area (Å²) in [5, 5.41) is 23.9. The monoisotopic (exact) mass is 214 g/mol. The van der Waals surface area contributed by atoms with Crippen LogP contribution in [0.15, 0.2) is 5.16 Å². The van der Waals surface area contributed by atoms with Crippen molar-refractivity contribution in [3.05, 3.63) is 0 Å². The van der Waals surface area contributed by atoms with E-state index in [0.29, 0.717) is 5.71 Å². The van der Waals surface area contributed by atoms with Gasteiger partial charge < -0.3 is 10.4 Å². The zero-order chi connectivity index (χ0) is 11.7. The van der Waals surface area contributed by atoms with Gasteiger partial charge in [0.05, 0.1) is 11.3 Å². The van der Waals surface area contributed by atoms with Gasteiger partial charge in [-0.05, 0) is 47.0 Å².